The Morgan fingerprint density at radius 3 is 2.35 bits per heavy atom. The van der Waals surface area contributed by atoms with Crippen molar-refractivity contribution >= 4 is 17.4 Å². The predicted molar refractivity (Wildman–Crippen MR) is 92.9 cm³/mol. The lowest BCUT2D eigenvalue weighted by atomic mass is 10.1. The van der Waals surface area contributed by atoms with E-state index in [0.717, 1.165) is 33.1 Å². The lowest BCUT2D eigenvalue weighted by molar-refractivity contribution is 0.0920. The molecule has 0 radical (unpaired) electrons. The van der Waals surface area contributed by atoms with E-state index in [1.54, 1.807) is 0 Å². The summed E-state index contributed by atoms with van der Waals surface area (Å²) < 4.78 is 7.98. The van der Waals surface area contributed by atoms with Crippen molar-refractivity contribution in [2.45, 2.75) is 46.6 Å². The van der Waals surface area contributed by atoms with Crippen LogP contribution in [-0.4, -0.2) is 17.0 Å². The Balaban J connectivity index is 1.74. The fourth-order valence-corrected chi connectivity index (χ4v) is 3.28. The van der Waals surface area contributed by atoms with Crippen molar-refractivity contribution in [2.75, 3.05) is 6.61 Å². The topological polar surface area (TPSA) is 31.2 Å². The van der Waals surface area contributed by atoms with Gasteiger partial charge in [-0.05, 0) is 69.9 Å². The van der Waals surface area contributed by atoms with E-state index in [2.05, 4.69) is 11.5 Å². The van der Waals surface area contributed by atoms with E-state index in [4.69, 9.17) is 16.3 Å². The van der Waals surface area contributed by atoms with Gasteiger partial charge in [0.25, 0.3) is 0 Å². The van der Waals surface area contributed by atoms with Crippen molar-refractivity contribution in [1.29, 1.82) is 0 Å². The molecule has 2 aromatic rings. The second kappa shape index (κ2) is 6.04. The molecule has 122 valence electrons. The maximum Gasteiger partial charge on any atom is 0.202 e. The zero-order valence-corrected chi connectivity index (χ0v) is 14.8. The molecular formula is C19H22ClNO2. The molecule has 1 saturated carbocycles. The second-order valence-electron chi connectivity index (χ2n) is 6.47. The molecule has 0 amide bonds. The number of hydrogen-bond acceptors (Lipinski definition) is 2. The van der Waals surface area contributed by atoms with Gasteiger partial charge in [-0.2, -0.15) is 0 Å². The Morgan fingerprint density at radius 2 is 1.78 bits per heavy atom. The first-order valence-corrected chi connectivity index (χ1v) is 8.37. The van der Waals surface area contributed by atoms with Gasteiger partial charge >= 0.3 is 0 Å². The normalized spacial score (nSPS) is 14.1. The molecule has 4 heteroatoms. The molecule has 3 nitrogen and oxygen atoms in total. The van der Waals surface area contributed by atoms with Gasteiger partial charge in [0.1, 0.15) is 5.75 Å². The average Bonchev–Trinajstić information content (AvgIpc) is 3.28. The third-order valence-electron chi connectivity index (χ3n) is 4.48. The highest BCUT2D eigenvalue weighted by Gasteiger charge is 2.28. The molecule has 0 saturated heterocycles. The first-order chi connectivity index (χ1) is 10.9. The highest BCUT2D eigenvalue weighted by atomic mass is 35.5. The summed E-state index contributed by atoms with van der Waals surface area (Å²) in [6.07, 6.45) is 2.42. The van der Waals surface area contributed by atoms with Crippen molar-refractivity contribution in [2.24, 2.45) is 0 Å². The monoisotopic (exact) mass is 331 g/mol. The van der Waals surface area contributed by atoms with Gasteiger partial charge < -0.3 is 9.30 Å². The molecule has 1 fully saturated rings. The Morgan fingerprint density at radius 1 is 1.17 bits per heavy atom. The van der Waals surface area contributed by atoms with E-state index >= 15 is 0 Å². The number of carbonyl (C=O) groups is 1. The van der Waals surface area contributed by atoms with Crippen LogP contribution in [0.3, 0.4) is 0 Å². The average molecular weight is 332 g/mol. The van der Waals surface area contributed by atoms with Crippen LogP contribution in [-0.2, 0) is 0 Å². The van der Waals surface area contributed by atoms with Crippen molar-refractivity contribution < 1.29 is 9.53 Å². The van der Waals surface area contributed by atoms with Crippen LogP contribution < -0.4 is 4.74 Å². The molecule has 0 spiro atoms. The number of hydrogen-bond donors (Lipinski definition) is 0. The summed E-state index contributed by atoms with van der Waals surface area (Å²) >= 11 is 6.16. The van der Waals surface area contributed by atoms with Crippen LogP contribution in [0.5, 0.6) is 5.75 Å². The molecule has 1 aromatic carbocycles. The van der Waals surface area contributed by atoms with Crippen LogP contribution in [0.1, 0.15) is 51.8 Å². The number of benzene rings is 1. The van der Waals surface area contributed by atoms with E-state index in [9.17, 15) is 4.79 Å². The molecule has 0 unspecified atom stereocenters. The molecule has 1 aliphatic carbocycles. The number of ketones is 1. The third kappa shape index (κ3) is 3.16. The van der Waals surface area contributed by atoms with Gasteiger partial charge in [-0.25, -0.2) is 0 Å². The fourth-order valence-electron chi connectivity index (χ4n) is 3.17. The van der Waals surface area contributed by atoms with Crippen molar-refractivity contribution in [3.05, 3.63) is 51.3 Å². The largest absolute Gasteiger partial charge is 0.485 e. The van der Waals surface area contributed by atoms with Gasteiger partial charge in [-0.15, -0.1) is 0 Å². The van der Waals surface area contributed by atoms with E-state index in [-0.39, 0.29) is 12.4 Å². The minimum atomic E-state index is 0.0234. The standard InChI is InChI=1S/C19H22ClNO2/c1-11-7-16(8-12(2)19(11)20)23-10-18(22)17-9-13(3)21(14(17)4)15-5-6-15/h7-9,15H,5-6,10H2,1-4H3. The van der Waals surface area contributed by atoms with Crippen molar-refractivity contribution in [3.63, 3.8) is 0 Å². The molecule has 1 aromatic heterocycles. The quantitative estimate of drug-likeness (QED) is 0.724. The summed E-state index contributed by atoms with van der Waals surface area (Å²) in [5.74, 6) is 0.712. The van der Waals surface area contributed by atoms with Crippen LogP contribution >= 0.6 is 11.6 Å². The molecule has 1 aliphatic rings. The predicted octanol–water partition coefficient (Wildman–Crippen LogP) is 4.97. The minimum Gasteiger partial charge on any atom is -0.485 e. The highest BCUT2D eigenvalue weighted by Crippen LogP contribution is 2.38. The van der Waals surface area contributed by atoms with Gasteiger partial charge in [0.2, 0.25) is 5.78 Å². The van der Waals surface area contributed by atoms with Gasteiger partial charge in [-0.1, -0.05) is 11.6 Å². The van der Waals surface area contributed by atoms with Gasteiger partial charge in [0.05, 0.1) is 0 Å². The Bertz CT molecular complexity index is 749. The fraction of sp³-hybridized carbons (Fsp3) is 0.421. The van der Waals surface area contributed by atoms with Crippen molar-refractivity contribution in [1.82, 2.24) is 4.57 Å². The van der Waals surface area contributed by atoms with E-state index in [0.29, 0.717) is 11.8 Å². The Labute approximate surface area is 142 Å². The summed E-state index contributed by atoms with van der Waals surface area (Å²) in [6.45, 7) is 8.01. The number of aryl methyl sites for hydroxylation is 3. The van der Waals surface area contributed by atoms with Crippen LogP contribution in [0.2, 0.25) is 5.02 Å². The van der Waals surface area contributed by atoms with Crippen molar-refractivity contribution in [3.8, 4) is 5.75 Å². The molecule has 23 heavy (non-hydrogen) atoms. The summed E-state index contributed by atoms with van der Waals surface area (Å²) in [4.78, 5) is 12.5. The molecule has 0 N–H and O–H groups in total. The zero-order valence-electron chi connectivity index (χ0n) is 14.1. The molecule has 3 rings (SSSR count). The number of rotatable bonds is 5. The first-order valence-electron chi connectivity index (χ1n) is 7.99. The van der Waals surface area contributed by atoms with E-state index in [1.807, 2.05) is 39.0 Å². The lowest BCUT2D eigenvalue weighted by Crippen LogP contribution is -2.13. The summed E-state index contributed by atoms with van der Waals surface area (Å²) in [7, 11) is 0. The van der Waals surface area contributed by atoms with Crippen LogP contribution in [0.25, 0.3) is 0 Å². The van der Waals surface area contributed by atoms with Crippen LogP contribution in [0, 0.1) is 27.7 Å². The smallest absolute Gasteiger partial charge is 0.202 e. The maximum atomic E-state index is 12.5. The number of carbonyl (C=O) groups excluding carboxylic acids is 1. The maximum absolute atomic E-state index is 12.5. The number of ether oxygens (including phenoxy) is 1. The van der Waals surface area contributed by atoms with Crippen LogP contribution in [0.15, 0.2) is 18.2 Å². The highest BCUT2D eigenvalue weighted by molar-refractivity contribution is 6.32. The van der Waals surface area contributed by atoms with Crippen LogP contribution in [0.4, 0.5) is 0 Å². The Kier molecular flexibility index (Phi) is 4.24. The number of aromatic nitrogens is 1. The first kappa shape index (κ1) is 16.1. The number of halogens is 1. The molecular weight excluding hydrogens is 310 g/mol. The zero-order chi connectivity index (χ0) is 16.7. The summed E-state index contributed by atoms with van der Waals surface area (Å²) in [6, 6.07) is 6.31. The summed E-state index contributed by atoms with van der Waals surface area (Å²) in [5.41, 5.74) is 4.91. The summed E-state index contributed by atoms with van der Waals surface area (Å²) in [5, 5.41) is 0.747. The van der Waals surface area contributed by atoms with Gasteiger partial charge in [0.15, 0.2) is 6.61 Å². The molecule has 0 aliphatic heterocycles. The van der Waals surface area contributed by atoms with Gasteiger partial charge in [0, 0.05) is 28.0 Å². The van der Waals surface area contributed by atoms with Gasteiger partial charge in [-0.3, -0.25) is 4.79 Å². The molecule has 1 heterocycles. The number of Topliss-reactive ketones (excluding diaryl/α,β-unsaturated/α-hetero) is 1. The molecule has 0 atom stereocenters. The number of nitrogens with zero attached hydrogens (tertiary/aromatic N) is 1. The molecule has 0 bridgehead atoms. The second-order valence-corrected chi connectivity index (χ2v) is 6.85. The van der Waals surface area contributed by atoms with E-state index in [1.165, 1.54) is 12.8 Å². The lowest BCUT2D eigenvalue weighted by Gasteiger charge is -2.10. The third-order valence-corrected chi connectivity index (χ3v) is 5.07. The Hall–Kier alpha value is -1.74. The van der Waals surface area contributed by atoms with E-state index < -0.39 is 0 Å². The minimum absolute atomic E-state index is 0.0234. The SMILES string of the molecule is Cc1cc(OCC(=O)c2cc(C)n(C3CC3)c2C)cc(C)c1Cl.